The van der Waals surface area contributed by atoms with Crippen LogP contribution in [0.5, 0.6) is 0 Å². The molecule has 5 fully saturated rings. The fraction of sp³-hybridized carbons (Fsp3) is 0.600. The third kappa shape index (κ3) is 3.74. The summed E-state index contributed by atoms with van der Waals surface area (Å²) in [6.45, 7) is 3.47. The van der Waals surface area contributed by atoms with Crippen molar-refractivity contribution in [1.82, 2.24) is 14.8 Å². The molecule has 7 nitrogen and oxygen atoms in total. The standard InChI is InChI=1S/C25H32ClN5O2/c26-19-4-5-21(28-15-19)29-6-8-30(9-7-29)22-3-1-2-20(24(27)32)31(22)23-17-10-16-11-18(23)14-25(33,12-16)13-17/h1-5,15-18,22-23,33H,6-14H2,(H2,27,32). The van der Waals surface area contributed by atoms with E-state index in [0.29, 0.717) is 28.5 Å². The Labute approximate surface area is 199 Å². The normalized spacial score (nSPS) is 38.0. The number of carbonyl (C=O) groups excluding carboxylic acids is 1. The van der Waals surface area contributed by atoms with Crippen LogP contribution in [-0.4, -0.2) is 69.8 Å². The number of allylic oxidation sites excluding steroid dienone is 2. The summed E-state index contributed by atoms with van der Waals surface area (Å²) in [7, 11) is 0. The lowest BCUT2D eigenvalue weighted by Crippen LogP contribution is -2.66. The van der Waals surface area contributed by atoms with Crippen LogP contribution in [-0.2, 0) is 4.79 Å². The van der Waals surface area contributed by atoms with Crippen molar-refractivity contribution < 1.29 is 9.90 Å². The molecule has 6 aliphatic rings. The van der Waals surface area contributed by atoms with Gasteiger partial charge in [-0.15, -0.1) is 0 Å². The van der Waals surface area contributed by atoms with Gasteiger partial charge in [-0.25, -0.2) is 4.98 Å². The quantitative estimate of drug-likeness (QED) is 0.704. The molecule has 3 atom stereocenters. The Morgan fingerprint density at radius 1 is 1.12 bits per heavy atom. The van der Waals surface area contributed by atoms with Gasteiger partial charge in [-0.1, -0.05) is 17.7 Å². The average molecular weight is 470 g/mol. The third-order valence-electron chi connectivity index (χ3n) is 8.59. The lowest BCUT2D eigenvalue weighted by atomic mass is 9.52. The van der Waals surface area contributed by atoms with Crippen molar-refractivity contribution >= 4 is 23.3 Å². The van der Waals surface area contributed by atoms with Crippen LogP contribution in [0.25, 0.3) is 0 Å². The Morgan fingerprint density at radius 2 is 1.85 bits per heavy atom. The van der Waals surface area contributed by atoms with Gasteiger partial charge in [0.1, 0.15) is 17.7 Å². The van der Waals surface area contributed by atoms with Gasteiger partial charge < -0.3 is 20.6 Å². The van der Waals surface area contributed by atoms with E-state index in [0.717, 1.165) is 64.1 Å². The van der Waals surface area contributed by atoms with E-state index in [1.807, 2.05) is 24.3 Å². The van der Waals surface area contributed by atoms with Crippen LogP contribution in [0.1, 0.15) is 32.1 Å². The van der Waals surface area contributed by atoms with Gasteiger partial charge in [0.2, 0.25) is 0 Å². The molecule has 0 spiro atoms. The van der Waals surface area contributed by atoms with Gasteiger partial charge in [0, 0.05) is 38.4 Å². The number of piperazine rings is 1. The number of primary amides is 1. The Bertz CT molecular complexity index is 971. The number of anilines is 1. The molecule has 1 aromatic heterocycles. The Balaban J connectivity index is 1.24. The predicted octanol–water partition coefficient (Wildman–Crippen LogP) is 2.36. The fourth-order valence-corrected chi connectivity index (χ4v) is 7.70. The molecule has 4 bridgehead atoms. The Hall–Kier alpha value is -2.09. The molecule has 33 heavy (non-hydrogen) atoms. The van der Waals surface area contributed by atoms with Crippen molar-refractivity contribution in [3.05, 3.63) is 47.3 Å². The number of nitrogens with zero attached hydrogens (tertiary/aromatic N) is 4. The zero-order chi connectivity index (χ0) is 22.7. The number of halogens is 1. The highest BCUT2D eigenvalue weighted by atomic mass is 35.5. The lowest BCUT2D eigenvalue weighted by Gasteiger charge is -2.62. The van der Waals surface area contributed by atoms with Crippen LogP contribution >= 0.6 is 11.6 Å². The second-order valence-corrected chi connectivity index (χ2v) is 11.1. The highest BCUT2D eigenvalue weighted by Crippen LogP contribution is 2.57. The highest BCUT2D eigenvalue weighted by molar-refractivity contribution is 6.30. The maximum absolute atomic E-state index is 12.5. The average Bonchev–Trinajstić information content (AvgIpc) is 2.78. The minimum atomic E-state index is -0.498. The molecule has 4 saturated carbocycles. The Morgan fingerprint density at radius 3 is 2.45 bits per heavy atom. The van der Waals surface area contributed by atoms with Crippen molar-refractivity contribution in [2.45, 2.75) is 49.9 Å². The maximum atomic E-state index is 12.5. The van der Waals surface area contributed by atoms with Crippen molar-refractivity contribution in [1.29, 1.82) is 0 Å². The molecule has 176 valence electrons. The number of rotatable bonds is 4. The molecule has 3 heterocycles. The Kier molecular flexibility index (Phi) is 5.20. The molecular formula is C25H32ClN5O2. The van der Waals surface area contributed by atoms with E-state index < -0.39 is 5.60 Å². The van der Waals surface area contributed by atoms with E-state index in [2.05, 4.69) is 25.8 Å². The molecule has 2 aliphatic heterocycles. The molecule has 1 saturated heterocycles. The molecule has 0 radical (unpaired) electrons. The minimum absolute atomic E-state index is 0.00926. The summed E-state index contributed by atoms with van der Waals surface area (Å²) in [6, 6.07) is 4.11. The summed E-state index contributed by atoms with van der Waals surface area (Å²) in [4.78, 5) is 24.1. The summed E-state index contributed by atoms with van der Waals surface area (Å²) in [6.07, 6.45) is 12.7. The number of hydrogen-bond acceptors (Lipinski definition) is 6. The minimum Gasteiger partial charge on any atom is -0.390 e. The third-order valence-corrected chi connectivity index (χ3v) is 8.81. The fourth-order valence-electron chi connectivity index (χ4n) is 7.59. The first-order chi connectivity index (χ1) is 15.9. The van der Waals surface area contributed by atoms with Gasteiger partial charge in [0.05, 0.1) is 10.6 Å². The number of amides is 1. The van der Waals surface area contributed by atoms with Crippen LogP contribution < -0.4 is 10.6 Å². The first-order valence-corrected chi connectivity index (χ1v) is 12.6. The monoisotopic (exact) mass is 469 g/mol. The van der Waals surface area contributed by atoms with Crippen molar-refractivity contribution in [2.75, 3.05) is 31.1 Å². The number of pyridine rings is 1. The second-order valence-electron chi connectivity index (χ2n) is 10.7. The van der Waals surface area contributed by atoms with Gasteiger partial charge in [-0.05, 0) is 74.1 Å². The molecule has 1 aromatic rings. The molecule has 3 N–H and O–H groups in total. The lowest BCUT2D eigenvalue weighted by molar-refractivity contribution is -0.166. The van der Waals surface area contributed by atoms with Gasteiger partial charge in [0.15, 0.2) is 0 Å². The van der Waals surface area contributed by atoms with Crippen LogP contribution in [0.3, 0.4) is 0 Å². The first-order valence-electron chi connectivity index (χ1n) is 12.2. The SMILES string of the molecule is NC(=O)C1=CC=CC(N2CCN(c3ccc(Cl)cn3)CC2)N1C1C2CC3CC1CC(O)(C3)C2. The number of nitrogens with two attached hydrogens (primary N) is 1. The smallest absolute Gasteiger partial charge is 0.265 e. The van der Waals surface area contributed by atoms with Gasteiger partial charge in [0.25, 0.3) is 5.91 Å². The number of aliphatic hydroxyl groups is 1. The molecule has 8 heteroatoms. The molecule has 7 rings (SSSR count). The van der Waals surface area contributed by atoms with E-state index >= 15 is 0 Å². The summed E-state index contributed by atoms with van der Waals surface area (Å²) >= 11 is 6.00. The second kappa shape index (κ2) is 8.00. The van der Waals surface area contributed by atoms with Crippen molar-refractivity contribution in [3.8, 4) is 0 Å². The van der Waals surface area contributed by atoms with E-state index in [1.165, 1.54) is 0 Å². The van der Waals surface area contributed by atoms with E-state index in [4.69, 9.17) is 17.3 Å². The molecule has 0 aromatic carbocycles. The molecule has 1 amide bonds. The number of hydrogen-bond donors (Lipinski definition) is 2. The number of aromatic nitrogens is 1. The van der Waals surface area contributed by atoms with E-state index in [-0.39, 0.29) is 18.1 Å². The van der Waals surface area contributed by atoms with Gasteiger partial charge in [-0.2, -0.15) is 0 Å². The number of carbonyl (C=O) groups is 1. The van der Waals surface area contributed by atoms with E-state index in [1.54, 1.807) is 6.20 Å². The largest absolute Gasteiger partial charge is 0.390 e. The van der Waals surface area contributed by atoms with Crippen LogP contribution in [0.4, 0.5) is 5.82 Å². The summed E-state index contributed by atoms with van der Waals surface area (Å²) in [5.74, 6) is 2.04. The first kappa shape index (κ1) is 21.4. The highest BCUT2D eigenvalue weighted by Gasteiger charge is 2.57. The zero-order valence-corrected chi connectivity index (χ0v) is 19.6. The van der Waals surface area contributed by atoms with Crippen LogP contribution in [0.15, 0.2) is 42.3 Å². The zero-order valence-electron chi connectivity index (χ0n) is 18.8. The van der Waals surface area contributed by atoms with Crippen molar-refractivity contribution in [3.63, 3.8) is 0 Å². The van der Waals surface area contributed by atoms with E-state index in [9.17, 15) is 9.90 Å². The summed E-state index contributed by atoms with van der Waals surface area (Å²) < 4.78 is 0. The summed E-state index contributed by atoms with van der Waals surface area (Å²) in [5, 5.41) is 11.7. The molecule has 4 aliphatic carbocycles. The van der Waals surface area contributed by atoms with Crippen LogP contribution in [0.2, 0.25) is 5.02 Å². The summed E-state index contributed by atoms with van der Waals surface area (Å²) in [5.41, 5.74) is 6.02. The predicted molar refractivity (Wildman–Crippen MR) is 127 cm³/mol. The van der Waals surface area contributed by atoms with Crippen LogP contribution in [0, 0.1) is 17.8 Å². The van der Waals surface area contributed by atoms with Crippen molar-refractivity contribution in [2.24, 2.45) is 23.5 Å². The van der Waals surface area contributed by atoms with Gasteiger partial charge in [-0.3, -0.25) is 9.69 Å². The molecular weight excluding hydrogens is 438 g/mol. The topological polar surface area (TPSA) is 85.9 Å². The molecule has 3 unspecified atom stereocenters. The van der Waals surface area contributed by atoms with Gasteiger partial charge >= 0.3 is 0 Å². The maximum Gasteiger partial charge on any atom is 0.265 e.